The van der Waals surface area contributed by atoms with Gasteiger partial charge in [-0.15, -0.1) is 0 Å². The number of fused-ring (bicyclic) bond motifs is 4. The van der Waals surface area contributed by atoms with Gasteiger partial charge in [0.05, 0.1) is 11.8 Å². The lowest BCUT2D eigenvalue weighted by molar-refractivity contribution is 0.0541. The minimum Gasteiger partial charge on any atom is -0.343 e. The lowest BCUT2D eigenvalue weighted by atomic mass is 9.74. The molecular weight excluding hydrogens is 312 g/mol. The number of nitrogens with zero attached hydrogens (tertiary/aromatic N) is 3. The first-order valence-electron chi connectivity index (χ1n) is 9.00. The van der Waals surface area contributed by atoms with Gasteiger partial charge in [0.15, 0.2) is 5.65 Å². The zero-order valence-electron chi connectivity index (χ0n) is 14.0. The Labute approximate surface area is 146 Å². The Balaban J connectivity index is 1.48. The number of benzene rings is 1. The Bertz CT molecular complexity index is 948. The van der Waals surface area contributed by atoms with Crippen LogP contribution in [0, 0.1) is 0 Å². The van der Waals surface area contributed by atoms with Crippen LogP contribution in [0.5, 0.6) is 0 Å². The summed E-state index contributed by atoms with van der Waals surface area (Å²) in [6.07, 6.45) is 5.91. The molecule has 126 valence electrons. The van der Waals surface area contributed by atoms with Crippen molar-refractivity contribution >= 4 is 17.1 Å². The highest BCUT2D eigenvalue weighted by molar-refractivity contribution is 5.94. The summed E-state index contributed by atoms with van der Waals surface area (Å²) in [6.45, 7) is 0.822. The number of carbonyl (C=O) groups is 1. The number of amides is 1. The molecule has 0 unspecified atom stereocenters. The molecular formula is C20H20N4O. The predicted octanol–water partition coefficient (Wildman–Crippen LogP) is 3.29. The summed E-state index contributed by atoms with van der Waals surface area (Å²) in [5.41, 5.74) is 4.85. The lowest BCUT2D eigenvalue weighted by Crippen LogP contribution is -2.49. The molecule has 25 heavy (non-hydrogen) atoms. The van der Waals surface area contributed by atoms with E-state index >= 15 is 0 Å². The molecule has 5 nitrogen and oxygen atoms in total. The van der Waals surface area contributed by atoms with Crippen molar-refractivity contribution in [3.63, 3.8) is 0 Å². The van der Waals surface area contributed by atoms with Crippen LogP contribution >= 0.6 is 0 Å². The molecule has 2 atom stereocenters. The zero-order chi connectivity index (χ0) is 16.8. The van der Waals surface area contributed by atoms with Crippen molar-refractivity contribution < 1.29 is 4.79 Å². The molecule has 3 heterocycles. The van der Waals surface area contributed by atoms with Crippen molar-refractivity contribution in [2.45, 2.75) is 37.6 Å². The van der Waals surface area contributed by atoms with Crippen molar-refractivity contribution in [2.75, 3.05) is 6.54 Å². The van der Waals surface area contributed by atoms with E-state index < -0.39 is 0 Å². The molecule has 0 bridgehead atoms. The molecule has 1 fully saturated rings. The number of aromatic amines is 1. The molecule has 1 saturated heterocycles. The number of rotatable bonds is 1. The number of nitrogens with one attached hydrogen (secondary N) is 1. The van der Waals surface area contributed by atoms with Crippen LogP contribution in [0.15, 0.2) is 42.7 Å². The minimum absolute atomic E-state index is 0.0407. The summed E-state index contributed by atoms with van der Waals surface area (Å²) in [4.78, 5) is 26.9. The summed E-state index contributed by atoms with van der Waals surface area (Å²) in [5.74, 6) is 0.496. The number of H-pyrrole nitrogens is 1. The number of pyridine rings is 1. The van der Waals surface area contributed by atoms with Gasteiger partial charge in [0.2, 0.25) is 0 Å². The minimum atomic E-state index is 0.0407. The third kappa shape index (κ3) is 2.34. The van der Waals surface area contributed by atoms with E-state index in [-0.39, 0.29) is 11.9 Å². The fourth-order valence-corrected chi connectivity index (χ4v) is 4.54. The summed E-state index contributed by atoms with van der Waals surface area (Å²) < 4.78 is 0. The lowest BCUT2D eigenvalue weighted by Gasteiger charge is -2.44. The first-order chi connectivity index (χ1) is 12.3. The number of aryl methyl sites for hydroxylation is 1. The molecule has 0 radical (unpaired) electrons. The van der Waals surface area contributed by atoms with Crippen LogP contribution in [0.25, 0.3) is 11.2 Å². The van der Waals surface area contributed by atoms with Gasteiger partial charge in [0.1, 0.15) is 5.69 Å². The van der Waals surface area contributed by atoms with Crippen LogP contribution in [-0.4, -0.2) is 38.3 Å². The van der Waals surface area contributed by atoms with Gasteiger partial charge in [-0.25, -0.2) is 9.97 Å². The second-order valence-electron chi connectivity index (χ2n) is 7.02. The van der Waals surface area contributed by atoms with Crippen LogP contribution in [-0.2, 0) is 6.42 Å². The Hall–Kier alpha value is -2.69. The Morgan fingerprint density at radius 2 is 2.08 bits per heavy atom. The number of aromatic nitrogens is 3. The van der Waals surface area contributed by atoms with Crippen LogP contribution in [0.1, 0.15) is 46.8 Å². The molecule has 5 rings (SSSR count). The number of likely N-dealkylation sites (tertiary alicyclic amines) is 1. The van der Waals surface area contributed by atoms with Crippen molar-refractivity contribution in [1.29, 1.82) is 0 Å². The first-order valence-corrected chi connectivity index (χ1v) is 9.00. The van der Waals surface area contributed by atoms with Gasteiger partial charge in [-0.05, 0) is 48.9 Å². The average molecular weight is 332 g/mol. The number of hydrogen-bond donors (Lipinski definition) is 1. The molecule has 5 heteroatoms. The molecule has 1 aromatic carbocycles. The highest BCUT2D eigenvalue weighted by atomic mass is 16.2. The van der Waals surface area contributed by atoms with Gasteiger partial charge in [-0.2, -0.15) is 0 Å². The summed E-state index contributed by atoms with van der Waals surface area (Å²) in [6, 6.07) is 12.7. The molecule has 2 aliphatic rings. The van der Waals surface area contributed by atoms with E-state index in [0.29, 0.717) is 17.3 Å². The zero-order valence-corrected chi connectivity index (χ0v) is 14.0. The Kier molecular flexibility index (Phi) is 3.33. The molecule has 1 amide bonds. The van der Waals surface area contributed by atoms with E-state index in [1.165, 1.54) is 11.1 Å². The number of hydrogen-bond acceptors (Lipinski definition) is 3. The van der Waals surface area contributed by atoms with Crippen molar-refractivity contribution in [2.24, 2.45) is 0 Å². The average Bonchev–Trinajstić information content (AvgIpc) is 3.14. The van der Waals surface area contributed by atoms with Gasteiger partial charge in [0.25, 0.3) is 5.91 Å². The second kappa shape index (κ2) is 5.69. The highest BCUT2D eigenvalue weighted by Crippen LogP contribution is 2.40. The molecule has 2 aromatic heterocycles. The van der Waals surface area contributed by atoms with E-state index in [4.69, 9.17) is 0 Å². The summed E-state index contributed by atoms with van der Waals surface area (Å²) in [5, 5.41) is 0. The highest BCUT2D eigenvalue weighted by Gasteiger charge is 2.38. The maximum atomic E-state index is 13.2. The Morgan fingerprint density at radius 1 is 1.16 bits per heavy atom. The van der Waals surface area contributed by atoms with Gasteiger partial charge < -0.3 is 9.88 Å². The number of imidazole rings is 1. The SMILES string of the molecule is O=C(c1ccc2[nH]cnc2n1)N1CCC[C@@H]2c3ccccc3CC[C@@H]21. The fraction of sp³-hybridized carbons (Fsp3) is 0.350. The molecule has 1 aliphatic heterocycles. The van der Waals surface area contributed by atoms with Gasteiger partial charge in [-0.3, -0.25) is 4.79 Å². The quantitative estimate of drug-likeness (QED) is 0.744. The topological polar surface area (TPSA) is 61.9 Å². The van der Waals surface area contributed by atoms with E-state index in [9.17, 15) is 4.79 Å². The van der Waals surface area contributed by atoms with E-state index in [0.717, 1.165) is 37.7 Å². The standard InChI is InChI=1S/C20H20N4O/c25-20(17-9-8-16-19(23-17)22-12-21-16)24-11-3-6-15-14-5-2-1-4-13(14)7-10-18(15)24/h1-2,4-5,8-9,12,15,18H,3,6-7,10-11H2,(H,21,22,23)/t15-,18+/m1/s1. The monoisotopic (exact) mass is 332 g/mol. The normalized spacial score (nSPS) is 22.5. The van der Waals surface area contributed by atoms with Gasteiger partial charge >= 0.3 is 0 Å². The first kappa shape index (κ1) is 14.6. The molecule has 0 spiro atoms. The second-order valence-corrected chi connectivity index (χ2v) is 7.02. The van der Waals surface area contributed by atoms with E-state index in [2.05, 4.69) is 44.1 Å². The summed E-state index contributed by atoms with van der Waals surface area (Å²) in [7, 11) is 0. The van der Waals surface area contributed by atoms with Gasteiger partial charge in [0, 0.05) is 18.5 Å². The largest absolute Gasteiger partial charge is 0.343 e. The number of carbonyl (C=O) groups excluding carboxylic acids is 1. The van der Waals surface area contributed by atoms with Crippen LogP contribution in [0.3, 0.4) is 0 Å². The number of piperidine rings is 1. The molecule has 1 N–H and O–H groups in total. The van der Waals surface area contributed by atoms with Crippen LogP contribution in [0.2, 0.25) is 0 Å². The smallest absolute Gasteiger partial charge is 0.272 e. The van der Waals surface area contributed by atoms with Crippen molar-refractivity contribution in [3.05, 3.63) is 59.5 Å². The van der Waals surface area contributed by atoms with Gasteiger partial charge in [-0.1, -0.05) is 24.3 Å². The molecule has 0 saturated carbocycles. The van der Waals surface area contributed by atoms with Crippen molar-refractivity contribution in [1.82, 2.24) is 19.9 Å². The third-order valence-corrected chi connectivity index (χ3v) is 5.70. The molecule has 1 aliphatic carbocycles. The van der Waals surface area contributed by atoms with Crippen molar-refractivity contribution in [3.8, 4) is 0 Å². The Morgan fingerprint density at radius 3 is 3.04 bits per heavy atom. The maximum absolute atomic E-state index is 13.2. The van der Waals surface area contributed by atoms with E-state index in [1.54, 1.807) is 6.33 Å². The maximum Gasteiger partial charge on any atom is 0.272 e. The van der Waals surface area contributed by atoms with E-state index in [1.807, 2.05) is 12.1 Å². The summed E-state index contributed by atoms with van der Waals surface area (Å²) >= 11 is 0. The predicted molar refractivity (Wildman–Crippen MR) is 95.5 cm³/mol. The van der Waals surface area contributed by atoms with Crippen LogP contribution < -0.4 is 0 Å². The molecule has 3 aromatic rings. The van der Waals surface area contributed by atoms with Crippen LogP contribution in [0.4, 0.5) is 0 Å². The third-order valence-electron chi connectivity index (χ3n) is 5.70. The fourth-order valence-electron chi connectivity index (χ4n) is 4.54.